The summed E-state index contributed by atoms with van der Waals surface area (Å²) in [6, 6.07) is -4.16. The van der Waals surface area contributed by atoms with Crippen molar-refractivity contribution in [3.8, 4) is 5.75 Å². The van der Waals surface area contributed by atoms with Crippen LogP contribution in [0.15, 0.2) is 29.3 Å². The molecular formula is C37H58N12O12. The van der Waals surface area contributed by atoms with Gasteiger partial charge in [-0.25, -0.2) is 4.79 Å². The van der Waals surface area contributed by atoms with Gasteiger partial charge in [-0.15, -0.1) is 0 Å². The van der Waals surface area contributed by atoms with Gasteiger partial charge in [0.2, 0.25) is 47.3 Å². The number of nitrogens with one attached hydrogen (secondary N) is 5. The second-order valence-corrected chi connectivity index (χ2v) is 14.8. The molecule has 8 amide bonds. The van der Waals surface area contributed by atoms with E-state index in [1.54, 1.807) is 13.8 Å². The van der Waals surface area contributed by atoms with Crippen LogP contribution in [0.25, 0.3) is 0 Å². The largest absolute Gasteiger partial charge is 0.508 e. The Kier molecular flexibility index (Phi) is 20.3. The maximum atomic E-state index is 14.2. The summed E-state index contributed by atoms with van der Waals surface area (Å²) < 4.78 is 0. The maximum absolute atomic E-state index is 14.2. The highest BCUT2D eigenvalue weighted by molar-refractivity contribution is 5.98. The van der Waals surface area contributed by atoms with E-state index in [-0.39, 0.29) is 50.5 Å². The van der Waals surface area contributed by atoms with E-state index in [0.717, 1.165) is 0 Å². The Morgan fingerprint density at radius 2 is 1.36 bits per heavy atom. The lowest BCUT2D eigenvalue weighted by atomic mass is 10.0. The van der Waals surface area contributed by atoms with Crippen LogP contribution in [0.5, 0.6) is 5.75 Å². The molecule has 18 N–H and O–H groups in total. The van der Waals surface area contributed by atoms with Gasteiger partial charge in [0.25, 0.3) is 0 Å². The van der Waals surface area contributed by atoms with E-state index in [1.807, 2.05) is 0 Å². The Morgan fingerprint density at radius 1 is 0.787 bits per heavy atom. The molecule has 0 aliphatic carbocycles. The summed E-state index contributed by atoms with van der Waals surface area (Å²) in [5.74, 6) is -9.42. The molecule has 1 aliphatic rings. The van der Waals surface area contributed by atoms with Crippen LogP contribution >= 0.6 is 0 Å². The van der Waals surface area contributed by atoms with E-state index in [1.165, 1.54) is 29.2 Å². The summed E-state index contributed by atoms with van der Waals surface area (Å²) >= 11 is 0. The van der Waals surface area contributed by atoms with Crippen molar-refractivity contribution < 1.29 is 58.5 Å². The highest BCUT2D eigenvalue weighted by Crippen LogP contribution is 2.22. The Bertz CT molecular complexity index is 1770. The number of rotatable bonds is 25. The van der Waals surface area contributed by atoms with Crippen molar-refractivity contribution in [2.75, 3.05) is 19.7 Å². The van der Waals surface area contributed by atoms with Crippen LogP contribution in [0.1, 0.15) is 64.4 Å². The number of nitrogens with zero attached hydrogens (tertiary/aromatic N) is 2. The van der Waals surface area contributed by atoms with Crippen LogP contribution in [0.3, 0.4) is 0 Å². The quantitative estimate of drug-likeness (QED) is 0.0248. The van der Waals surface area contributed by atoms with Gasteiger partial charge in [-0.2, -0.15) is 0 Å². The molecule has 0 radical (unpaired) electrons. The number of phenols is 1. The molecule has 1 aliphatic heterocycles. The number of carboxylic acid groups (broad SMARTS) is 1. The van der Waals surface area contributed by atoms with E-state index in [0.29, 0.717) is 12.0 Å². The smallest absolute Gasteiger partial charge is 0.326 e. The van der Waals surface area contributed by atoms with Crippen molar-refractivity contribution >= 4 is 59.2 Å². The molecule has 24 nitrogen and oxygen atoms in total. The number of aliphatic hydroxyl groups is 1. The molecule has 0 unspecified atom stereocenters. The number of amides is 8. The number of hydrogen-bond donors (Lipinski definition) is 13. The number of aliphatic hydroxyl groups excluding tert-OH is 1. The van der Waals surface area contributed by atoms with Crippen molar-refractivity contribution in [1.29, 1.82) is 0 Å². The number of guanidine groups is 1. The number of primary amides is 2. The third kappa shape index (κ3) is 16.9. The number of aromatic hydroxyl groups is 1. The summed E-state index contributed by atoms with van der Waals surface area (Å²) in [5.41, 5.74) is 27.2. The molecule has 1 saturated heterocycles. The zero-order chi connectivity index (χ0) is 46.0. The third-order valence-electron chi connectivity index (χ3n) is 9.52. The number of phenolic OH excluding ortho intramolecular Hbond substituents is 1. The average Bonchev–Trinajstić information content (AvgIpc) is 3.69. The Morgan fingerprint density at radius 3 is 1.92 bits per heavy atom. The molecule has 1 aromatic rings. The van der Waals surface area contributed by atoms with Crippen LogP contribution in [-0.2, 0) is 49.6 Å². The minimum atomic E-state index is -1.78. The lowest BCUT2D eigenvalue weighted by Gasteiger charge is -2.32. The lowest BCUT2D eigenvalue weighted by Crippen LogP contribution is -2.60. The van der Waals surface area contributed by atoms with Gasteiger partial charge in [0.05, 0.1) is 13.0 Å². The fourth-order valence-electron chi connectivity index (χ4n) is 6.23. The highest BCUT2D eigenvalue weighted by Gasteiger charge is 2.41. The fourth-order valence-corrected chi connectivity index (χ4v) is 6.23. The van der Waals surface area contributed by atoms with Gasteiger partial charge in [0.1, 0.15) is 48.0 Å². The van der Waals surface area contributed by atoms with Gasteiger partial charge in [-0.05, 0) is 55.7 Å². The number of aliphatic imine (C=N–C) groups is 1. The minimum absolute atomic E-state index is 0.0172. The molecule has 7 atom stereocenters. The first-order valence-corrected chi connectivity index (χ1v) is 19.5. The van der Waals surface area contributed by atoms with E-state index < -0.39 is 127 Å². The van der Waals surface area contributed by atoms with E-state index >= 15 is 0 Å². The van der Waals surface area contributed by atoms with Crippen LogP contribution in [-0.4, -0.2) is 141 Å². The third-order valence-corrected chi connectivity index (χ3v) is 9.52. The highest BCUT2D eigenvalue weighted by atomic mass is 16.4. The Labute approximate surface area is 351 Å². The first-order chi connectivity index (χ1) is 28.6. The van der Waals surface area contributed by atoms with E-state index in [2.05, 4.69) is 31.6 Å². The number of carboxylic acids is 1. The number of benzene rings is 1. The topological polar surface area (TPSA) is 420 Å². The number of carbonyl (C=O) groups is 9. The number of carbonyl (C=O) groups excluding carboxylic acids is 8. The first-order valence-electron chi connectivity index (χ1n) is 19.5. The molecule has 24 heteroatoms. The van der Waals surface area contributed by atoms with Gasteiger partial charge in [0, 0.05) is 25.9 Å². The predicted octanol–water partition coefficient (Wildman–Crippen LogP) is -5.40. The molecule has 338 valence electrons. The van der Waals surface area contributed by atoms with Gasteiger partial charge in [-0.3, -0.25) is 43.3 Å². The minimum Gasteiger partial charge on any atom is -0.508 e. The Hall–Kier alpha value is -6.56. The van der Waals surface area contributed by atoms with E-state index in [4.69, 9.17) is 28.7 Å². The summed E-state index contributed by atoms with van der Waals surface area (Å²) in [6.45, 7) is 2.79. The maximum Gasteiger partial charge on any atom is 0.326 e. The monoisotopic (exact) mass is 862 g/mol. The number of hydrogen-bond acceptors (Lipinski definition) is 13. The standard InChI is InChI=1S/C37H58N12O12/c1-18(2)29(48-32(56)22(5-3-13-43-37(41)42)44-30(54)21(38)17-50)35(59)49-14-4-6-26(49)34(58)46-24(15-19-7-9-20(51)10-8-19)33(57)45-23(11-12-27(39)52)31(55)47-25(36(60)61)16-28(40)53/h7-10,18,21-26,29,50-51H,3-6,11-17,38H2,1-2H3,(H2,39,52)(H2,40,53)(H,44,54)(H,45,57)(H,46,58)(H,47,55)(H,48,56)(H,60,61)(H4,41,42,43)/t21-,22-,23-,24-,25-,26-,29-/m0/s1. The normalized spacial score (nSPS) is 16.4. The molecule has 1 aromatic carbocycles. The zero-order valence-corrected chi connectivity index (χ0v) is 34.0. The van der Waals surface area contributed by atoms with Gasteiger partial charge in [0.15, 0.2) is 5.96 Å². The van der Waals surface area contributed by atoms with Crippen LogP contribution < -0.4 is 55.3 Å². The van der Waals surface area contributed by atoms with Crippen molar-refractivity contribution in [2.45, 2.75) is 108 Å². The Balaban J connectivity index is 2.39. The SMILES string of the molecule is CC(C)[C@H](NC(=O)[C@H](CCCN=C(N)N)NC(=O)[C@@H](N)CO)C(=O)N1CCC[C@H]1C(=O)N[C@@H](Cc1ccc(O)cc1)C(=O)N[C@@H](CCC(N)=O)C(=O)N[C@@H](CC(N)=O)C(=O)O. The van der Waals surface area contributed by atoms with Crippen LogP contribution in [0.4, 0.5) is 0 Å². The molecule has 0 saturated carbocycles. The predicted molar refractivity (Wildman–Crippen MR) is 216 cm³/mol. The summed E-state index contributed by atoms with van der Waals surface area (Å²) in [7, 11) is 0. The second-order valence-electron chi connectivity index (χ2n) is 14.8. The number of likely N-dealkylation sites (tertiary alicyclic amines) is 1. The van der Waals surface area contributed by atoms with Gasteiger partial charge >= 0.3 is 5.97 Å². The molecular weight excluding hydrogens is 804 g/mol. The van der Waals surface area contributed by atoms with Crippen LogP contribution in [0, 0.1) is 5.92 Å². The van der Waals surface area contributed by atoms with Crippen molar-refractivity contribution in [3.63, 3.8) is 0 Å². The molecule has 2 rings (SSSR count). The molecule has 1 heterocycles. The summed E-state index contributed by atoms with van der Waals surface area (Å²) in [6.07, 6.45) is -1.10. The van der Waals surface area contributed by atoms with Crippen molar-refractivity contribution in [2.24, 2.45) is 39.6 Å². The number of aliphatic carboxylic acids is 1. The molecule has 0 spiro atoms. The zero-order valence-electron chi connectivity index (χ0n) is 34.0. The van der Waals surface area contributed by atoms with Gasteiger partial charge < -0.3 is 75.5 Å². The van der Waals surface area contributed by atoms with Crippen molar-refractivity contribution in [3.05, 3.63) is 29.8 Å². The van der Waals surface area contributed by atoms with Crippen molar-refractivity contribution in [1.82, 2.24) is 31.5 Å². The second kappa shape index (κ2) is 24.5. The average molecular weight is 863 g/mol. The number of nitrogens with two attached hydrogens (primary N) is 5. The fraction of sp³-hybridized carbons (Fsp3) is 0.568. The van der Waals surface area contributed by atoms with Gasteiger partial charge in [-0.1, -0.05) is 26.0 Å². The van der Waals surface area contributed by atoms with Crippen LogP contribution in [0.2, 0.25) is 0 Å². The molecule has 0 aromatic heterocycles. The van der Waals surface area contributed by atoms with E-state index in [9.17, 15) is 58.5 Å². The summed E-state index contributed by atoms with van der Waals surface area (Å²) in [4.78, 5) is 121. The summed E-state index contributed by atoms with van der Waals surface area (Å²) in [5, 5.41) is 40.9. The lowest BCUT2D eigenvalue weighted by molar-refractivity contribution is -0.144. The molecule has 0 bridgehead atoms. The molecule has 1 fully saturated rings. The first kappa shape index (κ1) is 50.6. The molecule has 61 heavy (non-hydrogen) atoms.